The summed E-state index contributed by atoms with van der Waals surface area (Å²) in [5, 5.41) is 8.43. The van der Waals surface area contributed by atoms with Crippen molar-refractivity contribution >= 4 is 46.7 Å². The number of fused-ring (bicyclic) bond motifs is 5. The summed E-state index contributed by atoms with van der Waals surface area (Å²) in [6.07, 6.45) is 1.93. The van der Waals surface area contributed by atoms with Gasteiger partial charge in [-0.15, -0.1) is 5.10 Å². The van der Waals surface area contributed by atoms with Crippen LogP contribution in [-0.4, -0.2) is 69.3 Å². The molecule has 0 aromatic carbocycles. The maximum Gasteiger partial charge on any atom is 0.325 e. The molecule has 5 N–H and O–H groups in total. The predicted molar refractivity (Wildman–Crippen MR) is 133 cm³/mol. The molecule has 3 unspecified atom stereocenters. The minimum Gasteiger partial charge on any atom is -0.369 e. The number of hydrogen-bond acceptors (Lipinski definition) is 12. The monoisotopic (exact) mass is 563 g/mol. The lowest BCUT2D eigenvalue weighted by molar-refractivity contribution is -0.0450. The minimum atomic E-state index is -3.71. The molecule has 0 aliphatic carbocycles. The van der Waals surface area contributed by atoms with Crippen molar-refractivity contribution in [1.29, 1.82) is 0 Å². The molecule has 200 valence electrons. The quantitative estimate of drug-likeness (QED) is 0.238. The molecule has 3 saturated heterocycles. The van der Waals surface area contributed by atoms with Gasteiger partial charge in [-0.3, -0.25) is 14.6 Å². The molecular formula is C20H22N9O7PS. The fourth-order valence-corrected chi connectivity index (χ4v) is 6.95. The number of hydrogen-bond donors (Lipinski definition) is 4. The second-order valence-electron chi connectivity index (χ2n) is 9.50. The van der Waals surface area contributed by atoms with Crippen LogP contribution in [0.25, 0.3) is 22.2 Å². The van der Waals surface area contributed by atoms with E-state index in [0.29, 0.717) is 30.3 Å². The Hall–Kier alpha value is -3.05. The number of H-pyrrole nitrogens is 2. The van der Waals surface area contributed by atoms with Crippen molar-refractivity contribution in [1.82, 2.24) is 39.5 Å². The second-order valence-corrected chi connectivity index (χ2v) is 12.3. The molecule has 0 spiro atoms. The third kappa shape index (κ3) is 3.98. The Morgan fingerprint density at radius 1 is 1.16 bits per heavy atom. The van der Waals surface area contributed by atoms with Crippen molar-refractivity contribution in [2.24, 2.45) is 5.92 Å². The topological polar surface area (TPSA) is 210 Å². The van der Waals surface area contributed by atoms with E-state index >= 15 is 0 Å². The first kappa shape index (κ1) is 24.0. The predicted octanol–water partition coefficient (Wildman–Crippen LogP) is 0.0485. The molecule has 3 aliphatic heterocycles. The van der Waals surface area contributed by atoms with Crippen molar-refractivity contribution in [2.45, 2.75) is 50.0 Å². The number of nitrogen functional groups attached to an aromatic ring is 1. The van der Waals surface area contributed by atoms with Gasteiger partial charge in [0.2, 0.25) is 5.95 Å². The largest absolute Gasteiger partial charge is 0.369 e. The van der Waals surface area contributed by atoms with Crippen molar-refractivity contribution in [3.63, 3.8) is 0 Å². The van der Waals surface area contributed by atoms with Crippen LogP contribution < -0.4 is 16.9 Å². The number of nitrogens with zero attached hydrogens (tertiary/aromatic N) is 6. The summed E-state index contributed by atoms with van der Waals surface area (Å²) in [4.78, 5) is 48.7. The first-order chi connectivity index (χ1) is 18.3. The summed E-state index contributed by atoms with van der Waals surface area (Å²) in [6, 6.07) is 1.70. The first-order valence-electron chi connectivity index (χ1n) is 11.9. The summed E-state index contributed by atoms with van der Waals surface area (Å²) in [7, 11) is 0. The van der Waals surface area contributed by atoms with Crippen molar-refractivity contribution < 1.29 is 23.4 Å². The van der Waals surface area contributed by atoms with Crippen LogP contribution in [0.4, 0.5) is 5.95 Å². The van der Waals surface area contributed by atoms with E-state index in [4.69, 9.17) is 36.1 Å². The van der Waals surface area contributed by atoms with E-state index in [2.05, 4.69) is 30.2 Å². The molecule has 16 nitrogen and oxygen atoms in total. The maximum atomic E-state index is 12.2. The van der Waals surface area contributed by atoms with E-state index in [1.54, 1.807) is 12.3 Å². The number of aromatic nitrogens is 8. The minimum absolute atomic E-state index is 0.00695. The highest BCUT2D eigenvalue weighted by molar-refractivity contribution is 8.07. The number of anilines is 1. The molecule has 7 heterocycles. The molecular weight excluding hydrogens is 541 g/mol. The van der Waals surface area contributed by atoms with Crippen LogP contribution in [0.2, 0.25) is 0 Å². The molecule has 18 heteroatoms. The average Bonchev–Trinajstić information content (AvgIpc) is 3.63. The van der Waals surface area contributed by atoms with E-state index in [0.717, 1.165) is 0 Å². The lowest BCUT2D eigenvalue weighted by Gasteiger charge is -2.26. The average molecular weight is 563 g/mol. The highest BCUT2D eigenvalue weighted by atomic mass is 32.5. The van der Waals surface area contributed by atoms with E-state index in [1.807, 2.05) is 4.57 Å². The van der Waals surface area contributed by atoms with Crippen LogP contribution in [0.5, 0.6) is 0 Å². The van der Waals surface area contributed by atoms with Crippen LogP contribution in [0.1, 0.15) is 31.7 Å². The molecule has 2 bridgehead atoms. The first-order valence-corrected chi connectivity index (χ1v) is 14.5. The summed E-state index contributed by atoms with van der Waals surface area (Å²) in [6.45, 7) is -3.69. The Balaban J connectivity index is 1.20. The van der Waals surface area contributed by atoms with Crippen molar-refractivity contribution in [2.75, 3.05) is 12.3 Å². The van der Waals surface area contributed by atoms with Crippen LogP contribution in [0.15, 0.2) is 28.2 Å². The normalized spacial score (nSPS) is 33.6. The summed E-state index contributed by atoms with van der Waals surface area (Å²) in [5.74, 6) is -0.126. The van der Waals surface area contributed by atoms with Crippen molar-refractivity contribution in [3.05, 3.63) is 39.3 Å². The standard InChI is InChI=1S/C20H22N9O7PS/c21-20-24-16-14(18(31)25-20)26-27-29(16)19-11-5-9(34-19)3-8-4-13(35-12(8)6-33-37(32,38)36-11)28-2-1-10-15(28)22-7-23-17(10)30/h1-2,7-9,11-13,19H,3-6H2,(H,32,38)(H,22,23,30)(H3,21,24,25,31)/t8?,9?,11-,12-,13-,19-,37?/m1/s1. The third-order valence-electron chi connectivity index (χ3n) is 7.16. The number of aromatic amines is 2. The van der Waals surface area contributed by atoms with Gasteiger partial charge in [-0.1, -0.05) is 5.21 Å². The molecule has 0 saturated carbocycles. The van der Waals surface area contributed by atoms with Crippen LogP contribution in [0, 0.1) is 5.92 Å². The highest BCUT2D eigenvalue weighted by Gasteiger charge is 2.47. The smallest absolute Gasteiger partial charge is 0.325 e. The zero-order chi connectivity index (χ0) is 26.2. The molecule has 38 heavy (non-hydrogen) atoms. The number of rotatable bonds is 2. The van der Waals surface area contributed by atoms with E-state index < -0.39 is 36.9 Å². The number of ether oxygens (including phenoxy) is 2. The Morgan fingerprint density at radius 3 is 2.89 bits per heavy atom. The van der Waals surface area contributed by atoms with Crippen LogP contribution >= 0.6 is 6.72 Å². The summed E-state index contributed by atoms with van der Waals surface area (Å²) in [5.41, 5.74) is 5.58. The van der Waals surface area contributed by atoms with Gasteiger partial charge in [0.25, 0.3) is 11.1 Å². The molecule has 0 radical (unpaired) electrons. The number of nitrogens with two attached hydrogens (primary N) is 1. The van der Waals surface area contributed by atoms with Gasteiger partial charge in [-0.05, 0) is 36.6 Å². The van der Waals surface area contributed by atoms with Gasteiger partial charge in [0.05, 0.1) is 30.5 Å². The van der Waals surface area contributed by atoms with Gasteiger partial charge in [-0.25, -0.2) is 4.98 Å². The molecule has 4 aromatic rings. The fourth-order valence-electron chi connectivity index (χ4n) is 5.51. The lowest BCUT2D eigenvalue weighted by Crippen LogP contribution is -2.27. The Bertz CT molecular complexity index is 1720. The van der Waals surface area contributed by atoms with Crippen molar-refractivity contribution in [3.8, 4) is 0 Å². The van der Waals surface area contributed by atoms with E-state index in [-0.39, 0.29) is 41.3 Å². The number of nitrogens with one attached hydrogen (secondary N) is 2. The third-order valence-corrected chi connectivity index (χ3v) is 8.75. The molecule has 0 amide bonds. The van der Waals surface area contributed by atoms with Crippen LogP contribution in [0.3, 0.4) is 0 Å². The highest BCUT2D eigenvalue weighted by Crippen LogP contribution is 2.52. The van der Waals surface area contributed by atoms with Gasteiger partial charge in [0.15, 0.2) is 17.4 Å². The van der Waals surface area contributed by atoms with E-state index in [1.165, 1.54) is 11.0 Å². The molecule has 7 rings (SSSR count). The molecule has 7 atom stereocenters. The second kappa shape index (κ2) is 8.74. The van der Waals surface area contributed by atoms with Gasteiger partial charge in [0, 0.05) is 12.6 Å². The molecule has 4 aromatic heterocycles. The zero-order valence-electron chi connectivity index (χ0n) is 19.5. The Labute approximate surface area is 217 Å². The van der Waals surface area contributed by atoms with Gasteiger partial charge < -0.3 is 38.7 Å². The van der Waals surface area contributed by atoms with Gasteiger partial charge in [0.1, 0.15) is 18.0 Å². The SMILES string of the molecule is Nc1nc2c(nnn2[C@@H]2OC3CC4C[C@H](n5ccc6c(=O)[nH]cnc65)O[C@@H]4COP(O)(=S)O[C@@H]2C3)c(=O)[nH]1. The lowest BCUT2D eigenvalue weighted by atomic mass is 9.93. The summed E-state index contributed by atoms with van der Waals surface area (Å²) >= 11 is 5.30. The van der Waals surface area contributed by atoms with E-state index in [9.17, 15) is 14.5 Å². The maximum absolute atomic E-state index is 12.2. The Kier molecular flexibility index (Phi) is 5.52. The molecule has 3 fully saturated rings. The van der Waals surface area contributed by atoms with Crippen LogP contribution in [-0.2, 0) is 30.3 Å². The van der Waals surface area contributed by atoms with Gasteiger partial charge >= 0.3 is 6.72 Å². The van der Waals surface area contributed by atoms with Gasteiger partial charge in [-0.2, -0.15) is 9.67 Å². The fraction of sp³-hybridized carbons (Fsp3) is 0.500. The molecule has 3 aliphatic rings. The zero-order valence-corrected chi connectivity index (χ0v) is 21.2. The summed E-state index contributed by atoms with van der Waals surface area (Å²) < 4.78 is 27.3. The Morgan fingerprint density at radius 2 is 2.03 bits per heavy atom.